The van der Waals surface area contributed by atoms with Crippen LogP contribution >= 0.6 is 11.3 Å². The van der Waals surface area contributed by atoms with E-state index in [4.69, 9.17) is 18.6 Å². The van der Waals surface area contributed by atoms with Crippen LogP contribution in [0.3, 0.4) is 0 Å². The van der Waals surface area contributed by atoms with Crippen LogP contribution in [0.15, 0.2) is 70.8 Å². The minimum absolute atomic E-state index is 0.0951. The fraction of sp³-hybridized carbons (Fsp3) is 0.269. The van der Waals surface area contributed by atoms with Gasteiger partial charge in [-0.05, 0) is 36.4 Å². The summed E-state index contributed by atoms with van der Waals surface area (Å²) in [6.07, 6.45) is 1.24. The van der Waals surface area contributed by atoms with E-state index in [9.17, 15) is 9.59 Å². The molecule has 0 fully saturated rings. The highest BCUT2D eigenvalue weighted by molar-refractivity contribution is 7.16. The summed E-state index contributed by atoms with van der Waals surface area (Å²) in [7, 11) is 5.82. The van der Waals surface area contributed by atoms with E-state index in [1.807, 2.05) is 48.7 Å². The normalized spacial score (nSPS) is 12.1. The summed E-state index contributed by atoms with van der Waals surface area (Å²) in [5.74, 6) is 0.458. The van der Waals surface area contributed by atoms with Gasteiger partial charge in [0.15, 0.2) is 0 Å². The molecular weight excluding hydrogens is 443 g/mol. The molecule has 2 N–H and O–H groups in total. The number of fused-ring (bicyclic) bond motifs is 1. The Morgan fingerprint density at radius 1 is 1.15 bits per heavy atom. The first kappa shape index (κ1) is 23.9. The SMILES string of the molecule is [B]c1ccc(C(=O)N(CCCN)C(CC)c2nc3sccc3c(=O)n2Cc2ccccc2)cc1. The number of amides is 1. The summed E-state index contributed by atoms with van der Waals surface area (Å²) in [4.78, 5) is 34.6. The van der Waals surface area contributed by atoms with Gasteiger partial charge in [-0.1, -0.05) is 67.0 Å². The summed E-state index contributed by atoms with van der Waals surface area (Å²) in [6.45, 7) is 3.30. The van der Waals surface area contributed by atoms with E-state index < -0.39 is 0 Å². The maximum Gasteiger partial charge on any atom is 0.262 e. The molecule has 0 spiro atoms. The lowest BCUT2D eigenvalue weighted by atomic mass is 9.95. The zero-order valence-electron chi connectivity index (χ0n) is 19.2. The first-order chi connectivity index (χ1) is 16.5. The minimum atomic E-state index is -0.389. The number of hydrogen-bond acceptors (Lipinski definition) is 5. The maximum absolute atomic E-state index is 13.6. The van der Waals surface area contributed by atoms with Crippen LogP contribution in [0.2, 0.25) is 0 Å². The topological polar surface area (TPSA) is 81.2 Å². The van der Waals surface area contributed by atoms with Gasteiger partial charge in [-0.25, -0.2) is 4.98 Å². The van der Waals surface area contributed by atoms with Gasteiger partial charge in [0.25, 0.3) is 11.5 Å². The molecule has 2 aromatic heterocycles. The van der Waals surface area contributed by atoms with Crippen LogP contribution in [0.4, 0.5) is 0 Å². The lowest BCUT2D eigenvalue weighted by Gasteiger charge is -2.32. The molecule has 0 saturated heterocycles. The third-order valence-corrected chi connectivity index (χ3v) is 6.69. The molecule has 0 aliphatic heterocycles. The molecule has 2 aromatic carbocycles. The van der Waals surface area contributed by atoms with Crippen molar-refractivity contribution in [2.45, 2.75) is 32.4 Å². The molecule has 1 amide bonds. The Kier molecular flexibility index (Phi) is 7.60. The van der Waals surface area contributed by atoms with Crippen LogP contribution in [-0.2, 0) is 6.54 Å². The summed E-state index contributed by atoms with van der Waals surface area (Å²) >= 11 is 1.43. The van der Waals surface area contributed by atoms with Gasteiger partial charge in [0, 0.05) is 12.1 Å². The van der Waals surface area contributed by atoms with Gasteiger partial charge in [-0.2, -0.15) is 0 Å². The Hall–Kier alpha value is -3.23. The molecule has 0 aliphatic carbocycles. The zero-order valence-corrected chi connectivity index (χ0v) is 20.0. The number of nitrogens with two attached hydrogens (primary N) is 1. The predicted molar refractivity (Wildman–Crippen MR) is 139 cm³/mol. The van der Waals surface area contributed by atoms with Gasteiger partial charge in [0.2, 0.25) is 0 Å². The van der Waals surface area contributed by atoms with Crippen LogP contribution in [0.25, 0.3) is 10.2 Å². The van der Waals surface area contributed by atoms with E-state index in [0.717, 1.165) is 5.56 Å². The molecule has 1 unspecified atom stereocenters. The number of hydrogen-bond donors (Lipinski definition) is 1. The average Bonchev–Trinajstić information content (AvgIpc) is 3.33. The quantitative estimate of drug-likeness (QED) is 0.381. The van der Waals surface area contributed by atoms with Gasteiger partial charge in [0.05, 0.1) is 18.0 Å². The lowest BCUT2D eigenvalue weighted by molar-refractivity contribution is 0.0656. The number of benzene rings is 2. The van der Waals surface area contributed by atoms with Crippen molar-refractivity contribution in [3.8, 4) is 0 Å². The van der Waals surface area contributed by atoms with Gasteiger partial charge >= 0.3 is 0 Å². The maximum atomic E-state index is 13.6. The Balaban J connectivity index is 1.84. The highest BCUT2D eigenvalue weighted by Crippen LogP contribution is 2.27. The van der Waals surface area contributed by atoms with E-state index in [1.54, 1.807) is 33.7 Å². The van der Waals surface area contributed by atoms with Gasteiger partial charge in [-0.15, -0.1) is 11.3 Å². The minimum Gasteiger partial charge on any atom is -0.330 e. The summed E-state index contributed by atoms with van der Waals surface area (Å²) in [5, 5.41) is 2.47. The van der Waals surface area contributed by atoms with E-state index in [-0.39, 0.29) is 17.5 Å². The number of carbonyl (C=O) groups is 1. The second kappa shape index (κ2) is 10.8. The molecule has 172 valence electrons. The summed E-state index contributed by atoms with van der Waals surface area (Å²) in [6, 6.07) is 18.1. The van der Waals surface area contributed by atoms with Crippen molar-refractivity contribution >= 4 is 40.8 Å². The monoisotopic (exact) mass is 470 g/mol. The Morgan fingerprint density at radius 2 is 1.88 bits per heavy atom. The molecule has 0 bridgehead atoms. The van der Waals surface area contributed by atoms with Crippen molar-refractivity contribution in [3.63, 3.8) is 0 Å². The van der Waals surface area contributed by atoms with E-state index in [0.29, 0.717) is 59.5 Å². The van der Waals surface area contributed by atoms with Crippen LogP contribution in [0.5, 0.6) is 0 Å². The lowest BCUT2D eigenvalue weighted by Crippen LogP contribution is -2.40. The first-order valence-electron chi connectivity index (χ1n) is 11.4. The number of carbonyl (C=O) groups excluding carboxylic acids is 1. The highest BCUT2D eigenvalue weighted by Gasteiger charge is 2.29. The molecule has 0 saturated carbocycles. The van der Waals surface area contributed by atoms with Crippen molar-refractivity contribution in [3.05, 3.63) is 93.3 Å². The van der Waals surface area contributed by atoms with Gasteiger partial charge in [-0.3, -0.25) is 14.2 Å². The van der Waals surface area contributed by atoms with E-state index in [1.165, 1.54) is 11.3 Å². The zero-order chi connectivity index (χ0) is 24.1. The Morgan fingerprint density at radius 3 is 2.56 bits per heavy atom. The fourth-order valence-corrected chi connectivity index (χ4v) is 4.89. The van der Waals surface area contributed by atoms with Crippen molar-refractivity contribution in [2.24, 2.45) is 5.73 Å². The summed E-state index contributed by atoms with van der Waals surface area (Å²) in [5.41, 5.74) is 7.85. The first-order valence-corrected chi connectivity index (χ1v) is 12.3. The molecule has 4 aromatic rings. The third kappa shape index (κ3) is 4.98. The molecule has 1 atom stereocenters. The largest absolute Gasteiger partial charge is 0.330 e. The fourth-order valence-electron chi connectivity index (χ4n) is 4.13. The molecule has 2 heterocycles. The highest BCUT2D eigenvalue weighted by atomic mass is 32.1. The molecule has 6 nitrogen and oxygen atoms in total. The number of aromatic nitrogens is 2. The average molecular weight is 470 g/mol. The Bertz CT molecular complexity index is 1320. The van der Waals surface area contributed by atoms with Crippen LogP contribution < -0.4 is 16.8 Å². The van der Waals surface area contributed by atoms with Crippen molar-refractivity contribution in [1.82, 2.24) is 14.5 Å². The number of thiophene rings is 1. The third-order valence-electron chi connectivity index (χ3n) is 5.88. The van der Waals surface area contributed by atoms with E-state index in [2.05, 4.69) is 0 Å². The van der Waals surface area contributed by atoms with Gasteiger partial charge in [0.1, 0.15) is 18.5 Å². The summed E-state index contributed by atoms with van der Waals surface area (Å²) < 4.78 is 1.71. The Labute approximate surface area is 204 Å². The van der Waals surface area contributed by atoms with E-state index >= 15 is 0 Å². The smallest absolute Gasteiger partial charge is 0.262 e. The van der Waals surface area contributed by atoms with Gasteiger partial charge < -0.3 is 10.6 Å². The van der Waals surface area contributed by atoms with Crippen LogP contribution in [0, 0.1) is 0 Å². The standard InChI is InChI=1S/C26H27BN4O2S/c1-2-22(30(15-6-14-28)25(32)19-9-11-20(27)12-10-19)23-29-24-21(13-16-34-24)26(33)31(23)17-18-7-4-3-5-8-18/h3-5,7-13,16,22H,2,6,14-15,17,28H2,1H3. The molecule has 4 rings (SSSR count). The molecule has 2 radical (unpaired) electrons. The van der Waals surface area contributed by atoms with Crippen molar-refractivity contribution in [2.75, 3.05) is 13.1 Å². The predicted octanol–water partition coefficient (Wildman–Crippen LogP) is 3.24. The molecule has 0 aliphatic rings. The second-order valence-corrected chi connectivity index (χ2v) is 9.07. The van der Waals surface area contributed by atoms with Crippen molar-refractivity contribution < 1.29 is 4.79 Å². The van der Waals surface area contributed by atoms with Crippen LogP contribution in [-0.4, -0.2) is 41.3 Å². The molecular formula is C26H27BN4O2S. The molecule has 8 heteroatoms. The second-order valence-electron chi connectivity index (χ2n) is 8.17. The van der Waals surface area contributed by atoms with Crippen molar-refractivity contribution in [1.29, 1.82) is 0 Å². The molecule has 34 heavy (non-hydrogen) atoms. The number of rotatable bonds is 9. The number of nitrogens with zero attached hydrogens (tertiary/aromatic N) is 3. The van der Waals surface area contributed by atoms with Crippen LogP contribution in [0.1, 0.15) is 47.6 Å².